The molecule has 18 heavy (non-hydrogen) atoms. The Hall–Kier alpha value is -1.84. The van der Waals surface area contributed by atoms with Crippen LogP contribution in [0.15, 0.2) is 24.3 Å². The molecule has 1 aromatic rings. The smallest absolute Gasteiger partial charge is 0.244 e. The first kappa shape index (κ1) is 11.3. The molecule has 0 bridgehead atoms. The predicted molar refractivity (Wildman–Crippen MR) is 69.3 cm³/mol. The second-order valence-corrected chi connectivity index (χ2v) is 5.12. The molecule has 1 heterocycles. The van der Waals surface area contributed by atoms with Gasteiger partial charge in [0.05, 0.1) is 11.4 Å². The van der Waals surface area contributed by atoms with Gasteiger partial charge in [0.1, 0.15) is 6.54 Å². The van der Waals surface area contributed by atoms with Gasteiger partial charge in [-0.05, 0) is 30.9 Å². The van der Waals surface area contributed by atoms with Gasteiger partial charge < -0.3 is 10.2 Å². The van der Waals surface area contributed by atoms with E-state index in [0.29, 0.717) is 5.92 Å². The summed E-state index contributed by atoms with van der Waals surface area (Å²) in [7, 11) is 0. The number of nitrogens with one attached hydrogen (secondary N) is 1. The van der Waals surface area contributed by atoms with Crippen LogP contribution < -0.4 is 10.2 Å². The first-order valence-corrected chi connectivity index (χ1v) is 6.37. The molecular formula is C14H16N2O2. The molecule has 0 aromatic heterocycles. The van der Waals surface area contributed by atoms with Crippen molar-refractivity contribution in [2.45, 2.75) is 19.8 Å². The Bertz CT molecular complexity index is 508. The van der Waals surface area contributed by atoms with Gasteiger partial charge in [-0.15, -0.1) is 0 Å². The normalized spacial score (nSPS) is 20.1. The predicted octanol–water partition coefficient (Wildman–Crippen LogP) is 2.02. The van der Waals surface area contributed by atoms with E-state index < -0.39 is 0 Å². The van der Waals surface area contributed by atoms with Crippen molar-refractivity contribution in [3.05, 3.63) is 24.3 Å². The van der Waals surface area contributed by atoms with Crippen molar-refractivity contribution >= 4 is 23.2 Å². The van der Waals surface area contributed by atoms with Crippen LogP contribution >= 0.6 is 0 Å². The number of hydrogen-bond acceptors (Lipinski definition) is 2. The van der Waals surface area contributed by atoms with E-state index in [2.05, 4.69) is 5.32 Å². The van der Waals surface area contributed by atoms with Crippen LogP contribution in [0.5, 0.6) is 0 Å². The van der Waals surface area contributed by atoms with E-state index in [-0.39, 0.29) is 24.3 Å². The lowest BCUT2D eigenvalue weighted by molar-refractivity contribution is -0.124. The van der Waals surface area contributed by atoms with Crippen LogP contribution in [0.4, 0.5) is 11.4 Å². The van der Waals surface area contributed by atoms with Crippen molar-refractivity contribution < 1.29 is 9.59 Å². The lowest BCUT2D eigenvalue weighted by Crippen LogP contribution is -2.44. The number of anilines is 2. The quantitative estimate of drug-likeness (QED) is 0.865. The van der Waals surface area contributed by atoms with E-state index in [1.54, 1.807) is 4.90 Å². The number of rotatable bonds is 2. The van der Waals surface area contributed by atoms with Gasteiger partial charge in [0, 0.05) is 5.92 Å². The van der Waals surface area contributed by atoms with Crippen LogP contribution in [0.1, 0.15) is 19.8 Å². The van der Waals surface area contributed by atoms with Crippen molar-refractivity contribution in [2.24, 2.45) is 11.8 Å². The Kier molecular flexibility index (Phi) is 2.58. The van der Waals surface area contributed by atoms with Crippen LogP contribution in [-0.2, 0) is 9.59 Å². The highest BCUT2D eigenvalue weighted by molar-refractivity contribution is 6.10. The summed E-state index contributed by atoms with van der Waals surface area (Å²) in [4.78, 5) is 25.7. The Labute approximate surface area is 106 Å². The summed E-state index contributed by atoms with van der Waals surface area (Å²) in [5.74, 6) is 0.475. The highest BCUT2D eigenvalue weighted by Gasteiger charge is 2.37. The SMILES string of the molecule is CC(C(=O)N1CC(=O)Nc2ccccc21)C1CC1. The van der Waals surface area contributed by atoms with Crippen molar-refractivity contribution in [1.29, 1.82) is 0 Å². The summed E-state index contributed by atoms with van der Waals surface area (Å²) in [6.45, 7) is 2.10. The highest BCUT2D eigenvalue weighted by atomic mass is 16.2. The van der Waals surface area contributed by atoms with Gasteiger partial charge >= 0.3 is 0 Å². The molecule has 3 rings (SSSR count). The molecule has 0 spiro atoms. The topological polar surface area (TPSA) is 49.4 Å². The first-order chi connectivity index (χ1) is 8.66. The molecule has 1 fully saturated rings. The third-order valence-electron chi connectivity index (χ3n) is 3.76. The first-order valence-electron chi connectivity index (χ1n) is 6.37. The summed E-state index contributed by atoms with van der Waals surface area (Å²) < 4.78 is 0. The second-order valence-electron chi connectivity index (χ2n) is 5.12. The van der Waals surface area contributed by atoms with E-state index in [1.807, 2.05) is 31.2 Å². The maximum atomic E-state index is 12.4. The third-order valence-corrected chi connectivity index (χ3v) is 3.76. The molecule has 1 saturated carbocycles. The Morgan fingerprint density at radius 3 is 2.83 bits per heavy atom. The van der Waals surface area contributed by atoms with Gasteiger partial charge in [0.15, 0.2) is 0 Å². The summed E-state index contributed by atoms with van der Waals surface area (Å²) in [5, 5.41) is 2.80. The summed E-state index contributed by atoms with van der Waals surface area (Å²) in [5.41, 5.74) is 1.54. The minimum atomic E-state index is -0.120. The maximum absolute atomic E-state index is 12.4. The molecule has 0 saturated heterocycles. The molecule has 2 amide bonds. The monoisotopic (exact) mass is 244 g/mol. The van der Waals surface area contributed by atoms with Crippen molar-refractivity contribution in [3.8, 4) is 0 Å². The number of carbonyl (C=O) groups excluding carboxylic acids is 2. The standard InChI is InChI=1S/C14H16N2O2/c1-9(10-6-7-10)14(18)16-8-13(17)15-11-4-2-3-5-12(11)16/h2-5,9-10H,6-8H2,1H3,(H,15,17). The number of fused-ring (bicyclic) bond motifs is 1. The Morgan fingerprint density at radius 2 is 2.11 bits per heavy atom. The summed E-state index contributed by atoms with van der Waals surface area (Å²) in [6, 6.07) is 7.45. The second kappa shape index (κ2) is 4.12. The van der Waals surface area contributed by atoms with Gasteiger partial charge in [-0.25, -0.2) is 0 Å². The van der Waals surface area contributed by atoms with Crippen molar-refractivity contribution in [1.82, 2.24) is 0 Å². The molecular weight excluding hydrogens is 228 g/mol. The zero-order valence-corrected chi connectivity index (χ0v) is 10.3. The Balaban J connectivity index is 1.91. The van der Waals surface area contributed by atoms with Crippen LogP contribution in [0.25, 0.3) is 0 Å². The molecule has 0 radical (unpaired) electrons. The van der Waals surface area contributed by atoms with Crippen LogP contribution in [0.2, 0.25) is 0 Å². The van der Waals surface area contributed by atoms with Crippen LogP contribution in [0, 0.1) is 11.8 Å². The maximum Gasteiger partial charge on any atom is 0.244 e. The van der Waals surface area contributed by atoms with Gasteiger partial charge in [-0.3, -0.25) is 9.59 Å². The van der Waals surface area contributed by atoms with Crippen molar-refractivity contribution in [2.75, 3.05) is 16.8 Å². The van der Waals surface area contributed by atoms with E-state index >= 15 is 0 Å². The molecule has 4 nitrogen and oxygen atoms in total. The van der Waals surface area contributed by atoms with Crippen LogP contribution in [0.3, 0.4) is 0 Å². The highest BCUT2D eigenvalue weighted by Crippen LogP contribution is 2.39. The van der Waals surface area contributed by atoms with E-state index in [9.17, 15) is 9.59 Å². The van der Waals surface area contributed by atoms with E-state index in [4.69, 9.17) is 0 Å². The number of amides is 2. The molecule has 4 heteroatoms. The average molecular weight is 244 g/mol. The molecule has 1 aliphatic carbocycles. The van der Waals surface area contributed by atoms with Gasteiger partial charge in [-0.1, -0.05) is 19.1 Å². The molecule has 94 valence electrons. The van der Waals surface area contributed by atoms with Crippen LogP contribution in [-0.4, -0.2) is 18.4 Å². The van der Waals surface area contributed by atoms with Gasteiger partial charge in [-0.2, -0.15) is 0 Å². The van der Waals surface area contributed by atoms with E-state index in [0.717, 1.165) is 24.2 Å². The molecule has 2 aliphatic rings. The van der Waals surface area contributed by atoms with Gasteiger partial charge in [0.2, 0.25) is 11.8 Å². The zero-order chi connectivity index (χ0) is 12.7. The summed E-state index contributed by atoms with van der Waals surface area (Å²) in [6.07, 6.45) is 2.27. The van der Waals surface area contributed by atoms with E-state index in [1.165, 1.54) is 0 Å². The fraction of sp³-hybridized carbons (Fsp3) is 0.429. The largest absolute Gasteiger partial charge is 0.323 e. The third kappa shape index (κ3) is 1.88. The Morgan fingerprint density at radius 1 is 1.39 bits per heavy atom. The molecule has 1 N–H and O–H groups in total. The number of benzene rings is 1. The number of hydrogen-bond donors (Lipinski definition) is 1. The number of nitrogens with zero attached hydrogens (tertiary/aromatic N) is 1. The molecule has 1 unspecified atom stereocenters. The molecule has 1 atom stereocenters. The minimum absolute atomic E-state index is 0.0176. The summed E-state index contributed by atoms with van der Waals surface area (Å²) >= 11 is 0. The fourth-order valence-electron chi connectivity index (χ4n) is 2.47. The van der Waals surface area contributed by atoms with Gasteiger partial charge in [0.25, 0.3) is 0 Å². The fourth-order valence-corrected chi connectivity index (χ4v) is 2.47. The lowest BCUT2D eigenvalue weighted by Gasteiger charge is -2.31. The number of carbonyl (C=O) groups is 2. The molecule has 1 aliphatic heterocycles. The van der Waals surface area contributed by atoms with Crippen molar-refractivity contribution in [3.63, 3.8) is 0 Å². The number of para-hydroxylation sites is 2. The zero-order valence-electron chi connectivity index (χ0n) is 10.3. The lowest BCUT2D eigenvalue weighted by atomic mass is 10.0. The minimum Gasteiger partial charge on any atom is -0.323 e. The molecule has 1 aromatic carbocycles. The average Bonchev–Trinajstić information content (AvgIpc) is 3.20.